The van der Waals surface area contributed by atoms with Crippen LogP contribution in [0.15, 0.2) is 85.1 Å². The SMILES string of the molecule is COC(=O)c1ccc2c(c1)-n1nncc1Cn1c-2nc(-c2ccccc2)c1-c1ccccc1. The quantitative estimate of drug-likeness (QED) is 0.381. The van der Waals surface area contributed by atoms with Crippen LogP contribution in [-0.2, 0) is 11.3 Å². The largest absolute Gasteiger partial charge is 0.465 e. The molecule has 1 aliphatic rings. The summed E-state index contributed by atoms with van der Waals surface area (Å²) in [5, 5.41) is 8.45. The molecule has 0 bridgehead atoms. The van der Waals surface area contributed by atoms with Gasteiger partial charge in [-0.2, -0.15) is 0 Å². The third kappa shape index (κ3) is 3.05. The fourth-order valence-corrected chi connectivity index (χ4v) is 4.37. The molecule has 0 amide bonds. The number of fused-ring (bicyclic) bond motifs is 5. The van der Waals surface area contributed by atoms with Crippen molar-refractivity contribution in [3.05, 3.63) is 96.3 Å². The van der Waals surface area contributed by atoms with Crippen LogP contribution in [0.4, 0.5) is 0 Å². The Morgan fingerprint density at radius 1 is 0.939 bits per heavy atom. The molecule has 0 N–H and O–H groups in total. The van der Waals surface area contributed by atoms with Crippen LogP contribution in [0.2, 0.25) is 0 Å². The van der Waals surface area contributed by atoms with E-state index in [1.54, 1.807) is 23.0 Å². The highest BCUT2D eigenvalue weighted by molar-refractivity contribution is 5.92. The number of esters is 1. The first-order valence-corrected chi connectivity index (χ1v) is 10.6. The lowest BCUT2D eigenvalue weighted by atomic mass is 10.0. The number of carbonyl (C=O) groups is 1. The number of hydrogen-bond acceptors (Lipinski definition) is 5. The van der Waals surface area contributed by atoms with Crippen molar-refractivity contribution < 1.29 is 9.53 Å². The fraction of sp³-hybridized carbons (Fsp3) is 0.0769. The van der Waals surface area contributed by atoms with Gasteiger partial charge in [0.1, 0.15) is 5.82 Å². The summed E-state index contributed by atoms with van der Waals surface area (Å²) in [5.41, 5.74) is 6.99. The molecule has 160 valence electrons. The zero-order valence-corrected chi connectivity index (χ0v) is 17.8. The maximum atomic E-state index is 12.2. The average molecular weight is 433 g/mol. The monoisotopic (exact) mass is 433 g/mol. The van der Waals surface area contributed by atoms with Gasteiger partial charge >= 0.3 is 5.97 Å². The third-order valence-electron chi connectivity index (χ3n) is 5.89. The van der Waals surface area contributed by atoms with Gasteiger partial charge in [0, 0.05) is 16.7 Å². The Balaban J connectivity index is 1.68. The van der Waals surface area contributed by atoms with Crippen molar-refractivity contribution in [3.63, 3.8) is 0 Å². The Morgan fingerprint density at radius 2 is 1.67 bits per heavy atom. The molecular formula is C26H19N5O2. The predicted molar refractivity (Wildman–Crippen MR) is 124 cm³/mol. The van der Waals surface area contributed by atoms with Crippen LogP contribution >= 0.6 is 0 Å². The summed E-state index contributed by atoms with van der Waals surface area (Å²) in [6, 6.07) is 25.9. The van der Waals surface area contributed by atoms with Gasteiger partial charge in [-0.3, -0.25) is 0 Å². The number of methoxy groups -OCH3 is 1. The molecule has 7 heteroatoms. The molecular weight excluding hydrogens is 414 g/mol. The maximum absolute atomic E-state index is 12.2. The van der Waals surface area contributed by atoms with Crippen LogP contribution in [0.3, 0.4) is 0 Å². The minimum absolute atomic E-state index is 0.401. The Labute approximate surface area is 189 Å². The van der Waals surface area contributed by atoms with Crippen molar-refractivity contribution in [1.29, 1.82) is 0 Å². The van der Waals surface area contributed by atoms with Crippen molar-refractivity contribution in [2.45, 2.75) is 6.54 Å². The zero-order chi connectivity index (χ0) is 22.4. The molecule has 1 aliphatic heterocycles. The number of aromatic nitrogens is 5. The zero-order valence-electron chi connectivity index (χ0n) is 17.8. The lowest BCUT2D eigenvalue weighted by molar-refractivity contribution is 0.0600. The minimum Gasteiger partial charge on any atom is -0.465 e. The van der Waals surface area contributed by atoms with Gasteiger partial charge in [-0.05, 0) is 18.2 Å². The first-order valence-electron chi connectivity index (χ1n) is 10.6. The van der Waals surface area contributed by atoms with Crippen LogP contribution in [0, 0.1) is 0 Å². The van der Waals surface area contributed by atoms with E-state index in [-0.39, 0.29) is 0 Å². The molecule has 0 spiro atoms. The summed E-state index contributed by atoms with van der Waals surface area (Å²) in [6.07, 6.45) is 1.75. The molecule has 0 atom stereocenters. The smallest absolute Gasteiger partial charge is 0.337 e. The number of benzene rings is 3. The van der Waals surface area contributed by atoms with E-state index in [0.717, 1.165) is 45.3 Å². The van der Waals surface area contributed by atoms with Crippen molar-refractivity contribution in [2.24, 2.45) is 0 Å². The molecule has 3 heterocycles. The highest BCUT2D eigenvalue weighted by Gasteiger charge is 2.28. The summed E-state index contributed by atoms with van der Waals surface area (Å²) in [5.74, 6) is 0.409. The van der Waals surface area contributed by atoms with Crippen LogP contribution in [0.5, 0.6) is 0 Å². The van der Waals surface area contributed by atoms with E-state index in [1.165, 1.54) is 7.11 Å². The molecule has 33 heavy (non-hydrogen) atoms. The summed E-state index contributed by atoms with van der Waals surface area (Å²) < 4.78 is 8.91. The van der Waals surface area contributed by atoms with E-state index >= 15 is 0 Å². The van der Waals surface area contributed by atoms with E-state index in [2.05, 4.69) is 39.1 Å². The van der Waals surface area contributed by atoms with Crippen molar-refractivity contribution >= 4 is 5.97 Å². The second-order valence-corrected chi connectivity index (χ2v) is 7.81. The van der Waals surface area contributed by atoms with E-state index in [4.69, 9.17) is 9.72 Å². The number of carbonyl (C=O) groups excluding carboxylic acids is 1. The van der Waals surface area contributed by atoms with Gasteiger partial charge in [0.2, 0.25) is 0 Å². The number of imidazole rings is 1. The third-order valence-corrected chi connectivity index (χ3v) is 5.89. The van der Waals surface area contributed by atoms with Gasteiger partial charge < -0.3 is 9.30 Å². The fourth-order valence-electron chi connectivity index (χ4n) is 4.37. The van der Waals surface area contributed by atoms with Gasteiger partial charge in [0.15, 0.2) is 0 Å². The highest BCUT2D eigenvalue weighted by atomic mass is 16.5. The van der Waals surface area contributed by atoms with Crippen LogP contribution in [-0.4, -0.2) is 37.6 Å². The normalized spacial score (nSPS) is 11.8. The van der Waals surface area contributed by atoms with Crippen molar-refractivity contribution in [2.75, 3.05) is 7.11 Å². The topological polar surface area (TPSA) is 74.8 Å². The van der Waals surface area contributed by atoms with Gasteiger partial charge in [0.05, 0.1) is 48.2 Å². The molecule has 0 fully saturated rings. The van der Waals surface area contributed by atoms with E-state index in [1.807, 2.05) is 42.5 Å². The molecule has 6 rings (SSSR count). The number of nitrogens with zero attached hydrogens (tertiary/aromatic N) is 5. The molecule has 0 saturated heterocycles. The summed E-state index contributed by atoms with van der Waals surface area (Å²) in [4.78, 5) is 17.4. The van der Waals surface area contributed by atoms with Crippen LogP contribution in [0.25, 0.3) is 39.6 Å². The molecule has 0 unspecified atom stereocenters. The van der Waals surface area contributed by atoms with Gasteiger partial charge in [-0.1, -0.05) is 65.9 Å². The molecule has 2 aromatic heterocycles. The van der Waals surface area contributed by atoms with Gasteiger partial charge in [-0.15, -0.1) is 5.10 Å². The Kier molecular flexibility index (Phi) is 4.40. The second-order valence-electron chi connectivity index (χ2n) is 7.81. The molecule has 0 aliphatic carbocycles. The van der Waals surface area contributed by atoms with E-state index < -0.39 is 5.97 Å². The van der Waals surface area contributed by atoms with Crippen molar-refractivity contribution in [3.8, 4) is 39.6 Å². The summed E-state index contributed by atoms with van der Waals surface area (Å²) in [6.45, 7) is 0.536. The summed E-state index contributed by atoms with van der Waals surface area (Å²) >= 11 is 0. The minimum atomic E-state index is -0.401. The van der Waals surface area contributed by atoms with Gasteiger partial charge in [-0.25, -0.2) is 14.5 Å². The Hall–Kier alpha value is -4.52. The standard InChI is InChI=1S/C26H19N5O2/c1-33-26(32)19-12-13-21-22(14-19)31-20(15-27-29-31)16-30-24(18-10-6-3-7-11-18)23(28-25(21)30)17-8-4-2-5-9-17/h2-15H,16H2,1H3. The molecule has 0 radical (unpaired) electrons. The van der Waals surface area contributed by atoms with Crippen molar-refractivity contribution in [1.82, 2.24) is 24.5 Å². The predicted octanol–water partition coefficient (Wildman–Crippen LogP) is 4.61. The van der Waals surface area contributed by atoms with Gasteiger partial charge in [0.25, 0.3) is 0 Å². The number of rotatable bonds is 3. The van der Waals surface area contributed by atoms with E-state index in [0.29, 0.717) is 12.1 Å². The highest BCUT2D eigenvalue weighted by Crippen LogP contribution is 2.40. The Morgan fingerprint density at radius 3 is 2.39 bits per heavy atom. The summed E-state index contributed by atoms with van der Waals surface area (Å²) in [7, 11) is 1.37. The van der Waals surface area contributed by atoms with E-state index in [9.17, 15) is 4.79 Å². The Bertz CT molecular complexity index is 1490. The first kappa shape index (κ1) is 19.2. The first-order chi connectivity index (χ1) is 16.2. The lowest BCUT2D eigenvalue weighted by Crippen LogP contribution is -2.07. The van der Waals surface area contributed by atoms with Crippen LogP contribution < -0.4 is 0 Å². The maximum Gasteiger partial charge on any atom is 0.337 e. The number of ether oxygens (including phenoxy) is 1. The molecule has 0 saturated carbocycles. The average Bonchev–Trinajstić information content (AvgIpc) is 3.47. The van der Waals surface area contributed by atoms with Crippen LogP contribution in [0.1, 0.15) is 16.1 Å². The molecule has 5 aromatic rings. The second kappa shape index (κ2) is 7.56. The number of hydrogen-bond donors (Lipinski definition) is 0. The molecule has 7 nitrogen and oxygen atoms in total. The lowest BCUT2D eigenvalue weighted by Gasteiger charge is -2.11. The molecule has 3 aromatic carbocycles.